The molecule has 0 spiro atoms. The van der Waals surface area contributed by atoms with Crippen LogP contribution in [0.2, 0.25) is 0 Å². The van der Waals surface area contributed by atoms with Crippen LogP contribution in [0.25, 0.3) is 0 Å². The maximum absolute atomic E-state index is 12.9. The summed E-state index contributed by atoms with van der Waals surface area (Å²) in [4.78, 5) is 38.2. The summed E-state index contributed by atoms with van der Waals surface area (Å²) in [5.74, 6) is -1.09. The highest BCUT2D eigenvalue weighted by Crippen LogP contribution is 2.13. The molecule has 0 saturated heterocycles. The van der Waals surface area contributed by atoms with E-state index in [4.69, 9.17) is 14.2 Å². The van der Waals surface area contributed by atoms with Crippen molar-refractivity contribution in [3.63, 3.8) is 0 Å². The third-order valence-electron chi connectivity index (χ3n) is 11.7. The van der Waals surface area contributed by atoms with Crippen molar-refractivity contribution in [2.24, 2.45) is 0 Å². The van der Waals surface area contributed by atoms with Crippen molar-refractivity contribution in [3.8, 4) is 0 Å². The van der Waals surface area contributed by atoms with Gasteiger partial charge in [0.05, 0.1) is 6.42 Å². The van der Waals surface area contributed by atoms with Gasteiger partial charge in [0.2, 0.25) is 0 Å². The molecule has 0 radical (unpaired) electrons. The molecule has 6 heteroatoms. The third kappa shape index (κ3) is 59.5. The molecule has 1 atom stereocenters. The highest BCUT2D eigenvalue weighted by Gasteiger charge is 2.19. The van der Waals surface area contributed by atoms with Crippen LogP contribution in [-0.2, 0) is 28.6 Å². The predicted octanol–water partition coefficient (Wildman–Crippen LogP) is 20.3. The highest BCUT2D eigenvalue weighted by molar-refractivity contribution is 5.72. The molecule has 6 nitrogen and oxygen atoms in total. The Morgan fingerprint density at radius 3 is 0.867 bits per heavy atom. The molecule has 0 N–H and O–H groups in total. The maximum Gasteiger partial charge on any atom is 0.309 e. The van der Waals surface area contributed by atoms with Gasteiger partial charge in [-0.1, -0.05) is 249 Å². The van der Waals surface area contributed by atoms with Crippen molar-refractivity contribution in [3.05, 3.63) is 170 Å². The molecule has 0 heterocycles. The van der Waals surface area contributed by atoms with E-state index in [0.29, 0.717) is 6.42 Å². The van der Waals surface area contributed by atoms with Gasteiger partial charge in [-0.2, -0.15) is 0 Å². The molecule has 0 aliphatic rings. The molecule has 0 aromatic rings. The van der Waals surface area contributed by atoms with Gasteiger partial charge in [0.15, 0.2) is 6.10 Å². The fraction of sp³-hybridized carbons (Fsp3) is 0.551. The van der Waals surface area contributed by atoms with Crippen molar-refractivity contribution in [2.75, 3.05) is 13.2 Å². The zero-order chi connectivity index (χ0) is 54.3. The molecule has 0 saturated carbocycles. The Hall–Kier alpha value is -5.23. The van der Waals surface area contributed by atoms with E-state index in [-0.39, 0.29) is 38.0 Å². The Kier molecular flexibility index (Phi) is 57.0. The van der Waals surface area contributed by atoms with Gasteiger partial charge in [0.1, 0.15) is 13.2 Å². The lowest BCUT2D eigenvalue weighted by atomic mass is 10.1. The topological polar surface area (TPSA) is 78.9 Å². The van der Waals surface area contributed by atoms with E-state index in [9.17, 15) is 14.4 Å². The fourth-order valence-corrected chi connectivity index (χ4v) is 7.41. The number of allylic oxidation sites excluding steroid dienone is 27. The lowest BCUT2D eigenvalue weighted by Gasteiger charge is -2.18. The largest absolute Gasteiger partial charge is 0.462 e. The molecule has 418 valence electrons. The summed E-state index contributed by atoms with van der Waals surface area (Å²) >= 11 is 0. The van der Waals surface area contributed by atoms with Gasteiger partial charge in [-0.15, -0.1) is 0 Å². The SMILES string of the molecule is CC/C=C\C/C=C\C/C=C\C/C=C\C/C=C\C/C=C\CCCCCCCCC(=O)OCC(COC(=O)C/C=C\C/C=C\C/C=C\C/C=C\C/C=C\CC)OC(=O)CCCCCCCCC/C=C\C/C=C\C/C=C\CC. The van der Waals surface area contributed by atoms with E-state index in [1.165, 1.54) is 32.1 Å². The summed E-state index contributed by atoms with van der Waals surface area (Å²) in [7, 11) is 0. The molecule has 0 aromatic heterocycles. The van der Waals surface area contributed by atoms with Crippen LogP contribution in [0.5, 0.6) is 0 Å². The zero-order valence-electron chi connectivity index (χ0n) is 47.7. The van der Waals surface area contributed by atoms with Crippen LogP contribution in [-0.4, -0.2) is 37.2 Å². The van der Waals surface area contributed by atoms with Crippen molar-refractivity contribution in [1.29, 1.82) is 0 Å². The molecule has 0 bridgehead atoms. The smallest absolute Gasteiger partial charge is 0.309 e. The summed E-state index contributed by atoms with van der Waals surface area (Å²) in [6, 6.07) is 0. The number of rotatable bonds is 51. The Morgan fingerprint density at radius 2 is 0.533 bits per heavy atom. The van der Waals surface area contributed by atoms with Gasteiger partial charge in [0.25, 0.3) is 0 Å². The average molecular weight is 1030 g/mol. The fourth-order valence-electron chi connectivity index (χ4n) is 7.41. The molecule has 0 aliphatic heterocycles. The van der Waals surface area contributed by atoms with Gasteiger partial charge in [-0.3, -0.25) is 14.4 Å². The first-order chi connectivity index (χ1) is 37.0. The zero-order valence-corrected chi connectivity index (χ0v) is 47.7. The summed E-state index contributed by atoms with van der Waals surface area (Å²) in [6.45, 7) is 6.18. The van der Waals surface area contributed by atoms with E-state index < -0.39 is 12.1 Å². The predicted molar refractivity (Wildman–Crippen MR) is 325 cm³/mol. The number of unbranched alkanes of at least 4 members (excludes halogenated alkanes) is 13. The number of hydrogen-bond donors (Lipinski definition) is 0. The van der Waals surface area contributed by atoms with Gasteiger partial charge in [0, 0.05) is 12.8 Å². The second-order valence-corrected chi connectivity index (χ2v) is 18.8. The number of carbonyl (C=O) groups is 3. The number of ether oxygens (including phenoxy) is 3. The Balaban J connectivity index is 4.52. The molecular weight excluding hydrogens is 925 g/mol. The maximum atomic E-state index is 12.9. The second-order valence-electron chi connectivity index (χ2n) is 18.8. The molecule has 0 aliphatic carbocycles. The van der Waals surface area contributed by atoms with Crippen LogP contribution >= 0.6 is 0 Å². The van der Waals surface area contributed by atoms with Gasteiger partial charge in [-0.05, 0) is 128 Å². The van der Waals surface area contributed by atoms with Crippen LogP contribution in [0.15, 0.2) is 170 Å². The summed E-state index contributed by atoms with van der Waals surface area (Å²) in [5.41, 5.74) is 0. The molecule has 0 aromatic carbocycles. The lowest BCUT2D eigenvalue weighted by Crippen LogP contribution is -2.30. The first-order valence-corrected chi connectivity index (χ1v) is 29.6. The first-order valence-electron chi connectivity index (χ1n) is 29.6. The first kappa shape index (κ1) is 69.8. The molecule has 0 fully saturated rings. The van der Waals surface area contributed by atoms with E-state index in [1.54, 1.807) is 6.08 Å². The third-order valence-corrected chi connectivity index (χ3v) is 11.7. The van der Waals surface area contributed by atoms with Crippen LogP contribution in [0.3, 0.4) is 0 Å². The molecule has 75 heavy (non-hydrogen) atoms. The quantitative estimate of drug-likeness (QED) is 0.0261. The van der Waals surface area contributed by atoms with Crippen LogP contribution in [0.1, 0.15) is 226 Å². The minimum atomic E-state index is -0.840. The summed E-state index contributed by atoms with van der Waals surface area (Å²) in [6.07, 6.45) is 90.8. The monoisotopic (exact) mass is 1030 g/mol. The molecular formula is C69H106O6. The van der Waals surface area contributed by atoms with E-state index in [2.05, 4.69) is 179 Å². The number of esters is 3. The Morgan fingerprint density at radius 1 is 0.280 bits per heavy atom. The Labute approximate surface area is 460 Å². The summed E-state index contributed by atoms with van der Waals surface area (Å²) < 4.78 is 16.8. The second kappa shape index (κ2) is 61.3. The van der Waals surface area contributed by atoms with Gasteiger partial charge in [-0.25, -0.2) is 0 Å². The van der Waals surface area contributed by atoms with Gasteiger partial charge < -0.3 is 14.2 Å². The standard InChI is InChI=1S/C69H106O6/c1-4-7-10-13-16-19-22-25-28-30-31-32-33-34-35-36-37-39-41-44-47-50-53-56-59-62-68(71)74-65-66(64-73-67(70)61-58-55-52-49-46-43-40-27-24-21-18-15-12-9-6-3)75-69(72)63-60-57-54-51-48-45-42-38-29-26-23-20-17-14-11-8-5-2/h7-12,16-21,25-29,31-32,34-35,37,39-40,46,49,55,58,66H,4-6,13-15,22-24,30,33,36,38,41-45,47-48,50-54,56-57,59-65H2,1-3H3/b10-7-,11-8-,12-9-,19-16-,20-17-,21-18-,28-25-,29-26-,32-31-,35-34-,39-37-,40-27-,49-46-,58-55-. The normalized spacial score (nSPS) is 13.4. The average Bonchev–Trinajstić information content (AvgIpc) is 3.41. The minimum Gasteiger partial charge on any atom is -0.462 e. The van der Waals surface area contributed by atoms with E-state index >= 15 is 0 Å². The van der Waals surface area contributed by atoms with Crippen molar-refractivity contribution >= 4 is 17.9 Å². The minimum absolute atomic E-state index is 0.113. The summed E-state index contributed by atoms with van der Waals surface area (Å²) in [5, 5.41) is 0. The van der Waals surface area contributed by atoms with Crippen LogP contribution < -0.4 is 0 Å². The number of carbonyl (C=O) groups excluding carboxylic acids is 3. The highest BCUT2D eigenvalue weighted by atomic mass is 16.6. The van der Waals surface area contributed by atoms with Crippen LogP contribution in [0, 0.1) is 0 Å². The van der Waals surface area contributed by atoms with E-state index in [0.717, 1.165) is 154 Å². The van der Waals surface area contributed by atoms with Gasteiger partial charge >= 0.3 is 17.9 Å². The van der Waals surface area contributed by atoms with Crippen molar-refractivity contribution < 1.29 is 28.6 Å². The number of hydrogen-bond acceptors (Lipinski definition) is 6. The Bertz CT molecular complexity index is 1750. The molecule has 1 unspecified atom stereocenters. The van der Waals surface area contributed by atoms with Crippen molar-refractivity contribution in [1.82, 2.24) is 0 Å². The lowest BCUT2D eigenvalue weighted by molar-refractivity contribution is -0.166. The van der Waals surface area contributed by atoms with E-state index in [1.807, 2.05) is 6.08 Å². The molecule has 0 rings (SSSR count). The van der Waals surface area contributed by atoms with Crippen molar-refractivity contribution in [2.45, 2.75) is 232 Å². The molecule has 0 amide bonds. The van der Waals surface area contributed by atoms with Crippen LogP contribution in [0.4, 0.5) is 0 Å².